The number of nitrogens with zero attached hydrogens (tertiary/aromatic N) is 2. The van der Waals surface area contributed by atoms with E-state index < -0.39 is 0 Å². The summed E-state index contributed by atoms with van der Waals surface area (Å²) in [5.41, 5.74) is 2.21. The number of hydrogen-bond acceptors (Lipinski definition) is 6. The second-order valence-corrected chi connectivity index (χ2v) is 7.78. The largest absolute Gasteiger partial charge is 0.497 e. The van der Waals surface area contributed by atoms with Gasteiger partial charge in [-0.05, 0) is 49.4 Å². The zero-order valence-electron chi connectivity index (χ0n) is 14.4. The number of benzene rings is 2. The maximum Gasteiger partial charge on any atom is 0.269 e. The van der Waals surface area contributed by atoms with Crippen LogP contribution in [0.15, 0.2) is 42.5 Å². The molecule has 0 aliphatic carbocycles. The fraction of sp³-hybridized carbons (Fsp3) is 0.105. The van der Waals surface area contributed by atoms with Crippen LogP contribution in [0, 0.1) is 12.7 Å². The Balaban J connectivity index is 1.58. The van der Waals surface area contributed by atoms with Crippen molar-refractivity contribution >= 4 is 43.9 Å². The summed E-state index contributed by atoms with van der Waals surface area (Å²) in [6.45, 7) is 1.80. The molecule has 0 saturated carbocycles. The Morgan fingerprint density at radius 3 is 2.63 bits per heavy atom. The van der Waals surface area contributed by atoms with E-state index in [-0.39, 0.29) is 11.7 Å². The first-order chi connectivity index (χ1) is 13.0. The molecular formula is C19H14FN3O2S2. The number of thiazole rings is 2. The predicted octanol–water partition coefficient (Wildman–Crippen LogP) is 5.13. The van der Waals surface area contributed by atoms with E-state index in [1.807, 2.05) is 24.3 Å². The van der Waals surface area contributed by atoms with E-state index in [1.165, 1.54) is 34.8 Å². The Hall–Kier alpha value is -2.84. The van der Waals surface area contributed by atoms with Crippen molar-refractivity contribution in [1.29, 1.82) is 0 Å². The minimum absolute atomic E-state index is 0.274. The van der Waals surface area contributed by atoms with Gasteiger partial charge in [-0.25, -0.2) is 14.4 Å². The van der Waals surface area contributed by atoms with Crippen molar-refractivity contribution in [2.75, 3.05) is 12.4 Å². The molecule has 0 aliphatic rings. The number of rotatable bonds is 4. The topological polar surface area (TPSA) is 64.1 Å². The smallest absolute Gasteiger partial charge is 0.269 e. The lowest BCUT2D eigenvalue weighted by Gasteiger charge is -2.00. The molecule has 4 aromatic rings. The summed E-state index contributed by atoms with van der Waals surface area (Å²) in [7, 11) is 1.61. The van der Waals surface area contributed by atoms with Gasteiger partial charge in [0.1, 0.15) is 21.5 Å². The van der Waals surface area contributed by atoms with Gasteiger partial charge in [-0.3, -0.25) is 10.1 Å². The van der Waals surface area contributed by atoms with Crippen molar-refractivity contribution in [3.05, 3.63) is 58.9 Å². The number of aryl methyl sites for hydroxylation is 1. The van der Waals surface area contributed by atoms with E-state index >= 15 is 0 Å². The van der Waals surface area contributed by atoms with Crippen molar-refractivity contribution in [3.63, 3.8) is 0 Å². The molecule has 5 nitrogen and oxygen atoms in total. The van der Waals surface area contributed by atoms with Gasteiger partial charge in [-0.2, -0.15) is 0 Å². The predicted molar refractivity (Wildman–Crippen MR) is 106 cm³/mol. The number of anilines is 1. The van der Waals surface area contributed by atoms with Crippen LogP contribution in [0.3, 0.4) is 0 Å². The molecule has 0 spiro atoms. The highest BCUT2D eigenvalue weighted by molar-refractivity contribution is 7.22. The first-order valence-electron chi connectivity index (χ1n) is 8.03. The van der Waals surface area contributed by atoms with Crippen molar-refractivity contribution in [2.45, 2.75) is 6.92 Å². The van der Waals surface area contributed by atoms with Crippen molar-refractivity contribution in [1.82, 2.24) is 9.97 Å². The number of halogens is 1. The molecular weight excluding hydrogens is 385 g/mol. The lowest BCUT2D eigenvalue weighted by Crippen LogP contribution is -2.11. The van der Waals surface area contributed by atoms with E-state index in [4.69, 9.17) is 4.74 Å². The number of fused-ring (bicyclic) bond motifs is 1. The van der Waals surface area contributed by atoms with E-state index in [1.54, 1.807) is 20.1 Å². The number of carbonyl (C=O) groups excluding carboxylic acids is 1. The third kappa shape index (κ3) is 3.54. The lowest BCUT2D eigenvalue weighted by molar-refractivity contribution is 0.103. The summed E-state index contributed by atoms with van der Waals surface area (Å²) in [6.07, 6.45) is 0. The van der Waals surface area contributed by atoms with Gasteiger partial charge in [-0.15, -0.1) is 11.3 Å². The maximum atomic E-state index is 13.3. The summed E-state index contributed by atoms with van der Waals surface area (Å²) in [5, 5.41) is 3.97. The number of ether oxygens (including phenoxy) is 1. The van der Waals surface area contributed by atoms with Crippen LogP contribution in [0.25, 0.3) is 20.8 Å². The van der Waals surface area contributed by atoms with Crippen LogP contribution in [-0.4, -0.2) is 23.0 Å². The van der Waals surface area contributed by atoms with Crippen LogP contribution < -0.4 is 10.1 Å². The SMILES string of the molecule is COc1ccc(-c2nc(C)c(C(=O)Nc3nc4ccc(F)cc4s3)s2)cc1. The second kappa shape index (κ2) is 7.05. The Morgan fingerprint density at radius 1 is 1.11 bits per heavy atom. The molecule has 27 heavy (non-hydrogen) atoms. The van der Waals surface area contributed by atoms with Crippen molar-refractivity contribution in [3.8, 4) is 16.3 Å². The molecule has 0 aliphatic heterocycles. The Bertz CT molecular complexity index is 1140. The van der Waals surface area contributed by atoms with Gasteiger partial charge in [0.2, 0.25) is 0 Å². The number of amides is 1. The number of carbonyl (C=O) groups is 1. The molecule has 136 valence electrons. The summed E-state index contributed by atoms with van der Waals surface area (Å²) < 4.78 is 19.2. The number of hydrogen-bond donors (Lipinski definition) is 1. The summed E-state index contributed by atoms with van der Waals surface area (Å²) >= 11 is 2.55. The zero-order valence-corrected chi connectivity index (χ0v) is 16.1. The van der Waals surface area contributed by atoms with Gasteiger partial charge in [-0.1, -0.05) is 11.3 Å². The summed E-state index contributed by atoms with van der Waals surface area (Å²) in [4.78, 5) is 22.0. The number of nitrogens with one attached hydrogen (secondary N) is 1. The Labute approximate surface area is 162 Å². The molecule has 1 N–H and O–H groups in total. The molecule has 1 amide bonds. The molecule has 0 atom stereocenters. The van der Waals surface area contributed by atoms with Gasteiger partial charge < -0.3 is 4.74 Å². The fourth-order valence-electron chi connectivity index (χ4n) is 2.57. The van der Waals surface area contributed by atoms with Crippen LogP contribution in [0.5, 0.6) is 5.75 Å². The second-order valence-electron chi connectivity index (χ2n) is 5.75. The average Bonchev–Trinajstić information content (AvgIpc) is 3.24. The molecule has 2 heterocycles. The van der Waals surface area contributed by atoms with Gasteiger partial charge in [0.25, 0.3) is 5.91 Å². The highest BCUT2D eigenvalue weighted by atomic mass is 32.1. The minimum Gasteiger partial charge on any atom is -0.497 e. The monoisotopic (exact) mass is 399 g/mol. The first kappa shape index (κ1) is 17.6. The number of aromatic nitrogens is 2. The molecule has 0 bridgehead atoms. The highest BCUT2D eigenvalue weighted by Crippen LogP contribution is 2.31. The van der Waals surface area contributed by atoms with E-state index in [0.29, 0.717) is 25.9 Å². The van der Waals surface area contributed by atoms with Crippen molar-refractivity contribution in [2.24, 2.45) is 0 Å². The fourth-order valence-corrected chi connectivity index (χ4v) is 4.42. The van der Waals surface area contributed by atoms with E-state index in [2.05, 4.69) is 15.3 Å². The van der Waals surface area contributed by atoms with Crippen LogP contribution in [-0.2, 0) is 0 Å². The summed E-state index contributed by atoms with van der Waals surface area (Å²) in [5.74, 6) is 0.160. The molecule has 2 aromatic carbocycles. The first-order valence-corrected chi connectivity index (χ1v) is 9.66. The normalized spacial score (nSPS) is 10.9. The van der Waals surface area contributed by atoms with Gasteiger partial charge in [0, 0.05) is 5.56 Å². The zero-order chi connectivity index (χ0) is 19.0. The molecule has 4 rings (SSSR count). The molecule has 8 heteroatoms. The molecule has 0 fully saturated rings. The summed E-state index contributed by atoms with van der Waals surface area (Å²) in [6, 6.07) is 11.9. The van der Waals surface area contributed by atoms with E-state index in [9.17, 15) is 9.18 Å². The molecule has 0 unspecified atom stereocenters. The Morgan fingerprint density at radius 2 is 1.89 bits per heavy atom. The molecule has 2 aromatic heterocycles. The lowest BCUT2D eigenvalue weighted by atomic mass is 10.2. The van der Waals surface area contributed by atoms with Crippen LogP contribution in [0.1, 0.15) is 15.4 Å². The van der Waals surface area contributed by atoms with Crippen LogP contribution in [0.4, 0.5) is 9.52 Å². The average molecular weight is 399 g/mol. The third-order valence-electron chi connectivity index (χ3n) is 3.91. The number of methoxy groups -OCH3 is 1. The van der Waals surface area contributed by atoms with Gasteiger partial charge >= 0.3 is 0 Å². The van der Waals surface area contributed by atoms with Gasteiger partial charge in [0.05, 0.1) is 23.0 Å². The van der Waals surface area contributed by atoms with Crippen LogP contribution >= 0.6 is 22.7 Å². The van der Waals surface area contributed by atoms with E-state index in [0.717, 1.165) is 16.3 Å². The van der Waals surface area contributed by atoms with Crippen LogP contribution in [0.2, 0.25) is 0 Å². The highest BCUT2D eigenvalue weighted by Gasteiger charge is 2.18. The standard InChI is InChI=1S/C19H14FN3O2S2/c1-10-16(27-18(21-10)11-3-6-13(25-2)7-4-11)17(24)23-19-22-14-8-5-12(20)9-15(14)26-19/h3-9H,1-2H3,(H,22,23,24). The molecule has 0 radical (unpaired) electrons. The van der Waals surface area contributed by atoms with Crippen molar-refractivity contribution < 1.29 is 13.9 Å². The van der Waals surface area contributed by atoms with Gasteiger partial charge in [0.15, 0.2) is 5.13 Å². The minimum atomic E-state index is -0.327. The maximum absolute atomic E-state index is 13.3. The molecule has 0 saturated heterocycles. The Kier molecular flexibility index (Phi) is 4.59. The quantitative estimate of drug-likeness (QED) is 0.517. The third-order valence-corrected chi connectivity index (χ3v) is 6.05.